The smallest absolute Gasteiger partial charge is 0.133 e. The van der Waals surface area contributed by atoms with Gasteiger partial charge in [0.2, 0.25) is 0 Å². The Morgan fingerprint density at radius 3 is 2.65 bits per heavy atom. The quantitative estimate of drug-likeness (QED) is 0.789. The molecule has 2 aromatic rings. The number of rotatable bonds is 5. The third kappa shape index (κ3) is 3.02. The number of ether oxygens (including phenoxy) is 2. The molecular formula is C14H16Cl2N2O2. The van der Waals surface area contributed by atoms with Crippen LogP contribution >= 0.6 is 23.2 Å². The molecule has 0 spiro atoms. The standard InChI is InChI=1S/C14H16Cl2N2O2/c1-9-12(14(16)18(2)17-9)8-20-13-5-4-11(19-3)6-10(13)7-15/h4-6H,7-8H2,1-3H3. The van der Waals surface area contributed by atoms with Gasteiger partial charge >= 0.3 is 0 Å². The van der Waals surface area contributed by atoms with Gasteiger partial charge in [-0.2, -0.15) is 5.10 Å². The Hall–Kier alpha value is -1.39. The van der Waals surface area contributed by atoms with Crippen molar-refractivity contribution in [3.8, 4) is 11.5 Å². The van der Waals surface area contributed by atoms with Gasteiger partial charge in [-0.1, -0.05) is 11.6 Å². The molecule has 1 aromatic carbocycles. The van der Waals surface area contributed by atoms with Crippen molar-refractivity contribution >= 4 is 23.2 Å². The molecule has 0 atom stereocenters. The highest BCUT2D eigenvalue weighted by Crippen LogP contribution is 2.28. The van der Waals surface area contributed by atoms with Gasteiger partial charge in [0.15, 0.2) is 0 Å². The number of aromatic nitrogens is 2. The maximum absolute atomic E-state index is 6.18. The average molecular weight is 315 g/mol. The van der Waals surface area contributed by atoms with Crippen molar-refractivity contribution in [2.45, 2.75) is 19.4 Å². The van der Waals surface area contributed by atoms with E-state index >= 15 is 0 Å². The largest absolute Gasteiger partial charge is 0.497 e. The first-order valence-electron chi connectivity index (χ1n) is 6.10. The highest BCUT2D eigenvalue weighted by Gasteiger charge is 2.13. The van der Waals surface area contributed by atoms with E-state index in [1.165, 1.54) is 0 Å². The van der Waals surface area contributed by atoms with Crippen molar-refractivity contribution < 1.29 is 9.47 Å². The summed E-state index contributed by atoms with van der Waals surface area (Å²) >= 11 is 12.1. The molecule has 0 amide bonds. The van der Waals surface area contributed by atoms with E-state index in [1.807, 2.05) is 25.1 Å². The fourth-order valence-electron chi connectivity index (χ4n) is 1.92. The summed E-state index contributed by atoms with van der Waals surface area (Å²) in [5.41, 5.74) is 2.62. The molecule has 0 saturated heterocycles. The maximum atomic E-state index is 6.18. The summed E-state index contributed by atoms with van der Waals surface area (Å²) in [4.78, 5) is 0. The first-order valence-corrected chi connectivity index (χ1v) is 7.01. The van der Waals surface area contributed by atoms with Crippen LogP contribution < -0.4 is 9.47 Å². The molecule has 0 unspecified atom stereocenters. The van der Waals surface area contributed by atoms with Crippen LogP contribution in [0.2, 0.25) is 5.15 Å². The topological polar surface area (TPSA) is 36.3 Å². The Kier molecular flexibility index (Phi) is 4.78. The lowest BCUT2D eigenvalue weighted by molar-refractivity contribution is 0.302. The Balaban J connectivity index is 2.18. The number of halogens is 2. The van der Waals surface area contributed by atoms with Gasteiger partial charge in [0, 0.05) is 18.2 Å². The number of hydrogen-bond donors (Lipinski definition) is 0. The van der Waals surface area contributed by atoms with Crippen molar-refractivity contribution in [3.05, 3.63) is 40.2 Å². The zero-order valence-corrected chi connectivity index (χ0v) is 13.1. The molecule has 2 rings (SSSR count). The van der Waals surface area contributed by atoms with Crippen LogP contribution in [0.4, 0.5) is 0 Å². The molecule has 0 saturated carbocycles. The van der Waals surface area contributed by atoms with Gasteiger partial charge in [0.1, 0.15) is 23.3 Å². The van der Waals surface area contributed by atoms with E-state index in [9.17, 15) is 0 Å². The highest BCUT2D eigenvalue weighted by atomic mass is 35.5. The molecule has 0 aliphatic carbocycles. The summed E-state index contributed by atoms with van der Waals surface area (Å²) in [6.45, 7) is 2.26. The van der Waals surface area contributed by atoms with E-state index in [2.05, 4.69) is 5.10 Å². The molecule has 0 aliphatic rings. The van der Waals surface area contributed by atoms with Crippen LogP contribution in [0.25, 0.3) is 0 Å². The van der Waals surface area contributed by atoms with Crippen molar-refractivity contribution in [1.29, 1.82) is 0 Å². The Bertz CT molecular complexity index is 611. The molecule has 1 aromatic heterocycles. The molecule has 0 N–H and O–H groups in total. The SMILES string of the molecule is COc1ccc(OCc2c(C)nn(C)c2Cl)c(CCl)c1. The van der Waals surface area contributed by atoms with E-state index in [0.717, 1.165) is 28.3 Å². The molecule has 20 heavy (non-hydrogen) atoms. The number of benzene rings is 1. The van der Waals surface area contributed by atoms with Gasteiger partial charge in [0.25, 0.3) is 0 Å². The zero-order chi connectivity index (χ0) is 14.7. The summed E-state index contributed by atoms with van der Waals surface area (Å²) in [6, 6.07) is 5.54. The van der Waals surface area contributed by atoms with E-state index in [0.29, 0.717) is 17.6 Å². The zero-order valence-electron chi connectivity index (χ0n) is 11.6. The van der Waals surface area contributed by atoms with E-state index in [-0.39, 0.29) is 0 Å². The lowest BCUT2D eigenvalue weighted by Gasteiger charge is -2.11. The minimum atomic E-state index is 0.353. The molecule has 108 valence electrons. The van der Waals surface area contributed by atoms with Crippen LogP contribution in [0.1, 0.15) is 16.8 Å². The normalized spacial score (nSPS) is 10.7. The lowest BCUT2D eigenvalue weighted by Crippen LogP contribution is -2.00. The van der Waals surface area contributed by atoms with Crippen molar-refractivity contribution in [1.82, 2.24) is 9.78 Å². The van der Waals surface area contributed by atoms with Crippen LogP contribution in [0.5, 0.6) is 11.5 Å². The average Bonchev–Trinajstić information content (AvgIpc) is 2.70. The van der Waals surface area contributed by atoms with Crippen LogP contribution in [0.3, 0.4) is 0 Å². The maximum Gasteiger partial charge on any atom is 0.133 e. The summed E-state index contributed by atoms with van der Waals surface area (Å²) in [7, 11) is 3.42. The number of aryl methyl sites for hydroxylation is 2. The van der Waals surface area contributed by atoms with Crippen molar-refractivity contribution in [2.75, 3.05) is 7.11 Å². The van der Waals surface area contributed by atoms with Crippen LogP contribution in [-0.4, -0.2) is 16.9 Å². The van der Waals surface area contributed by atoms with E-state index in [1.54, 1.807) is 18.8 Å². The van der Waals surface area contributed by atoms with Crippen LogP contribution in [-0.2, 0) is 19.5 Å². The fraction of sp³-hybridized carbons (Fsp3) is 0.357. The van der Waals surface area contributed by atoms with Gasteiger partial charge in [-0.15, -0.1) is 11.6 Å². The fourth-order valence-corrected chi connectivity index (χ4v) is 2.35. The number of alkyl halides is 1. The summed E-state index contributed by atoms with van der Waals surface area (Å²) in [5.74, 6) is 1.83. The first-order chi connectivity index (χ1) is 9.56. The second-order valence-corrected chi connectivity index (χ2v) is 5.00. The minimum absolute atomic E-state index is 0.353. The third-order valence-electron chi connectivity index (χ3n) is 3.05. The predicted octanol–water partition coefficient (Wildman–Crippen LogP) is 3.71. The number of nitrogens with zero attached hydrogens (tertiary/aromatic N) is 2. The predicted molar refractivity (Wildman–Crippen MR) is 79.8 cm³/mol. The lowest BCUT2D eigenvalue weighted by atomic mass is 10.2. The minimum Gasteiger partial charge on any atom is -0.497 e. The van der Waals surface area contributed by atoms with Gasteiger partial charge in [-0.05, 0) is 25.1 Å². The molecule has 0 radical (unpaired) electrons. The molecule has 6 heteroatoms. The molecule has 0 aliphatic heterocycles. The van der Waals surface area contributed by atoms with Gasteiger partial charge < -0.3 is 9.47 Å². The first kappa shape index (κ1) is 15.0. The van der Waals surface area contributed by atoms with Gasteiger partial charge in [-0.25, -0.2) is 0 Å². The Labute approximate surface area is 128 Å². The molecular weight excluding hydrogens is 299 g/mol. The second kappa shape index (κ2) is 6.37. The van der Waals surface area contributed by atoms with Crippen molar-refractivity contribution in [2.24, 2.45) is 7.05 Å². The highest BCUT2D eigenvalue weighted by molar-refractivity contribution is 6.30. The van der Waals surface area contributed by atoms with E-state index in [4.69, 9.17) is 32.7 Å². The monoisotopic (exact) mass is 314 g/mol. The molecule has 4 nitrogen and oxygen atoms in total. The third-order valence-corrected chi connectivity index (χ3v) is 3.81. The summed E-state index contributed by atoms with van der Waals surface area (Å²) in [5, 5.41) is 4.84. The Morgan fingerprint density at radius 1 is 1.35 bits per heavy atom. The van der Waals surface area contributed by atoms with Crippen LogP contribution in [0, 0.1) is 6.92 Å². The van der Waals surface area contributed by atoms with Crippen molar-refractivity contribution in [3.63, 3.8) is 0 Å². The Morgan fingerprint density at radius 2 is 2.10 bits per heavy atom. The van der Waals surface area contributed by atoms with Gasteiger partial charge in [-0.3, -0.25) is 4.68 Å². The number of hydrogen-bond acceptors (Lipinski definition) is 3. The second-order valence-electron chi connectivity index (χ2n) is 4.37. The van der Waals surface area contributed by atoms with E-state index < -0.39 is 0 Å². The molecule has 0 fully saturated rings. The van der Waals surface area contributed by atoms with Gasteiger partial charge in [0.05, 0.1) is 18.7 Å². The summed E-state index contributed by atoms with van der Waals surface area (Å²) in [6.07, 6.45) is 0. The van der Waals surface area contributed by atoms with Crippen LogP contribution in [0.15, 0.2) is 18.2 Å². The summed E-state index contributed by atoms with van der Waals surface area (Å²) < 4.78 is 12.6. The molecule has 0 bridgehead atoms. The number of methoxy groups -OCH3 is 1. The molecule has 1 heterocycles.